The molecule has 80 valence electrons. The van der Waals surface area contributed by atoms with Crippen molar-refractivity contribution in [2.24, 2.45) is 10.9 Å². The maximum atomic E-state index is 11.2. The second-order valence-electron chi connectivity index (χ2n) is 2.90. The summed E-state index contributed by atoms with van der Waals surface area (Å²) in [4.78, 5) is 15.0. The number of pyridine rings is 1. The molecule has 1 heterocycles. The molecule has 6 heteroatoms. The highest BCUT2D eigenvalue weighted by Crippen LogP contribution is 1.95. The highest BCUT2D eigenvalue weighted by molar-refractivity contribution is 5.98. The van der Waals surface area contributed by atoms with Crippen molar-refractivity contribution in [2.45, 2.75) is 13.0 Å². The van der Waals surface area contributed by atoms with Crippen LogP contribution in [0.4, 0.5) is 0 Å². The lowest BCUT2D eigenvalue weighted by atomic mass is 10.2. The number of rotatable bonds is 4. The number of hydrogen-bond acceptors (Lipinski definition) is 4. The molecule has 0 spiro atoms. The Balaban J connectivity index is 2.35. The molecule has 0 aliphatic rings. The molecule has 0 saturated heterocycles. The first kappa shape index (κ1) is 11.0. The van der Waals surface area contributed by atoms with Crippen molar-refractivity contribution in [3.63, 3.8) is 0 Å². The molecule has 0 unspecified atom stereocenters. The van der Waals surface area contributed by atoms with Crippen LogP contribution in [0, 0.1) is 0 Å². The molecular formula is C9H12N4O2. The Kier molecular flexibility index (Phi) is 4.08. The smallest absolute Gasteiger partial charge is 0.227 e. The van der Waals surface area contributed by atoms with Crippen molar-refractivity contribution in [2.75, 3.05) is 0 Å². The SMILES string of the molecule is N/C(CC(=O)NCc1ccncc1)=N\O. The average molecular weight is 208 g/mol. The number of aromatic nitrogens is 1. The van der Waals surface area contributed by atoms with E-state index in [2.05, 4.69) is 15.5 Å². The maximum absolute atomic E-state index is 11.2. The molecular weight excluding hydrogens is 196 g/mol. The highest BCUT2D eigenvalue weighted by Gasteiger charge is 2.03. The van der Waals surface area contributed by atoms with Crippen molar-refractivity contribution in [1.82, 2.24) is 10.3 Å². The van der Waals surface area contributed by atoms with Crippen LogP contribution in [0.25, 0.3) is 0 Å². The number of carbonyl (C=O) groups excluding carboxylic acids is 1. The van der Waals surface area contributed by atoms with Gasteiger partial charge in [0.15, 0.2) is 0 Å². The molecule has 0 fully saturated rings. The normalized spacial score (nSPS) is 11.1. The Morgan fingerprint density at radius 1 is 1.53 bits per heavy atom. The van der Waals surface area contributed by atoms with Gasteiger partial charge in [-0.25, -0.2) is 0 Å². The minimum atomic E-state index is -0.290. The lowest BCUT2D eigenvalue weighted by Crippen LogP contribution is -2.28. The van der Waals surface area contributed by atoms with Crippen LogP contribution in [0.5, 0.6) is 0 Å². The molecule has 0 atom stereocenters. The second-order valence-corrected chi connectivity index (χ2v) is 2.90. The summed E-state index contributed by atoms with van der Waals surface area (Å²) >= 11 is 0. The van der Waals surface area contributed by atoms with Crippen molar-refractivity contribution in [3.8, 4) is 0 Å². The molecule has 0 aromatic carbocycles. The van der Waals surface area contributed by atoms with Crippen LogP contribution in [0.3, 0.4) is 0 Å². The van der Waals surface area contributed by atoms with Gasteiger partial charge >= 0.3 is 0 Å². The summed E-state index contributed by atoms with van der Waals surface area (Å²) in [5, 5.41) is 13.6. The highest BCUT2D eigenvalue weighted by atomic mass is 16.4. The molecule has 1 aromatic heterocycles. The van der Waals surface area contributed by atoms with Crippen molar-refractivity contribution >= 4 is 11.7 Å². The standard InChI is InChI=1S/C9H12N4O2/c10-8(13-15)5-9(14)12-6-7-1-3-11-4-2-7/h1-4,15H,5-6H2,(H2,10,13)(H,12,14). The van der Waals surface area contributed by atoms with Crippen molar-refractivity contribution in [1.29, 1.82) is 0 Å². The minimum Gasteiger partial charge on any atom is -0.409 e. The van der Waals surface area contributed by atoms with Gasteiger partial charge in [-0.05, 0) is 17.7 Å². The third-order valence-electron chi connectivity index (χ3n) is 1.71. The van der Waals surface area contributed by atoms with Gasteiger partial charge in [0.05, 0.1) is 6.42 Å². The Bertz CT molecular complexity index is 350. The molecule has 0 saturated carbocycles. The van der Waals surface area contributed by atoms with E-state index in [0.29, 0.717) is 6.54 Å². The summed E-state index contributed by atoms with van der Waals surface area (Å²) in [6, 6.07) is 3.59. The molecule has 15 heavy (non-hydrogen) atoms. The summed E-state index contributed by atoms with van der Waals surface area (Å²) in [5.41, 5.74) is 6.11. The predicted octanol–water partition coefficient (Wildman–Crippen LogP) is -0.166. The molecule has 0 bridgehead atoms. The summed E-state index contributed by atoms with van der Waals surface area (Å²) < 4.78 is 0. The summed E-state index contributed by atoms with van der Waals surface area (Å²) in [7, 11) is 0. The number of oxime groups is 1. The molecule has 6 nitrogen and oxygen atoms in total. The molecule has 4 N–H and O–H groups in total. The van der Waals surface area contributed by atoms with Gasteiger partial charge in [-0.1, -0.05) is 5.16 Å². The van der Waals surface area contributed by atoms with E-state index in [9.17, 15) is 4.79 Å². The zero-order valence-electron chi connectivity index (χ0n) is 8.05. The number of nitrogens with one attached hydrogen (secondary N) is 1. The second kappa shape index (κ2) is 5.58. The third kappa shape index (κ3) is 4.08. The fourth-order valence-electron chi connectivity index (χ4n) is 0.964. The summed E-state index contributed by atoms with van der Waals surface area (Å²) in [6.07, 6.45) is 3.18. The average Bonchev–Trinajstić information content (AvgIpc) is 2.27. The van der Waals surface area contributed by atoms with E-state index in [1.807, 2.05) is 0 Å². The van der Waals surface area contributed by atoms with Crippen LogP contribution in [0.1, 0.15) is 12.0 Å². The fraction of sp³-hybridized carbons (Fsp3) is 0.222. The van der Waals surface area contributed by atoms with Crippen LogP contribution in [-0.2, 0) is 11.3 Å². The van der Waals surface area contributed by atoms with E-state index in [0.717, 1.165) is 5.56 Å². The Labute approximate surface area is 86.8 Å². The monoisotopic (exact) mass is 208 g/mol. The molecule has 1 rings (SSSR count). The first-order valence-electron chi connectivity index (χ1n) is 4.34. The van der Waals surface area contributed by atoms with E-state index in [-0.39, 0.29) is 18.2 Å². The number of carbonyl (C=O) groups is 1. The first-order valence-corrected chi connectivity index (χ1v) is 4.34. The lowest BCUT2D eigenvalue weighted by molar-refractivity contribution is -0.120. The van der Waals surface area contributed by atoms with Gasteiger partial charge in [0.1, 0.15) is 5.84 Å². The fourth-order valence-corrected chi connectivity index (χ4v) is 0.964. The van der Waals surface area contributed by atoms with Crippen LogP contribution in [-0.4, -0.2) is 21.9 Å². The first-order chi connectivity index (χ1) is 7.22. The van der Waals surface area contributed by atoms with E-state index in [4.69, 9.17) is 10.9 Å². The minimum absolute atomic E-state index is 0.109. The Hall–Kier alpha value is -2.11. The third-order valence-corrected chi connectivity index (χ3v) is 1.71. The quantitative estimate of drug-likeness (QED) is 0.277. The number of nitrogens with two attached hydrogens (primary N) is 1. The van der Waals surface area contributed by atoms with Gasteiger partial charge < -0.3 is 16.3 Å². The number of nitrogens with zero attached hydrogens (tertiary/aromatic N) is 2. The Morgan fingerprint density at radius 2 is 2.20 bits per heavy atom. The Morgan fingerprint density at radius 3 is 2.80 bits per heavy atom. The number of hydrogen-bond donors (Lipinski definition) is 3. The lowest BCUT2D eigenvalue weighted by Gasteiger charge is -2.03. The maximum Gasteiger partial charge on any atom is 0.227 e. The van der Waals surface area contributed by atoms with Gasteiger partial charge in [-0.2, -0.15) is 0 Å². The zero-order valence-corrected chi connectivity index (χ0v) is 8.05. The molecule has 0 aliphatic heterocycles. The number of amidine groups is 1. The number of amides is 1. The van der Waals surface area contributed by atoms with E-state index < -0.39 is 0 Å². The van der Waals surface area contributed by atoms with Crippen LogP contribution in [0.2, 0.25) is 0 Å². The summed E-state index contributed by atoms with van der Waals surface area (Å²) in [5.74, 6) is -0.399. The van der Waals surface area contributed by atoms with Gasteiger partial charge in [-0.15, -0.1) is 0 Å². The van der Waals surface area contributed by atoms with Gasteiger partial charge in [0.2, 0.25) is 5.91 Å². The molecule has 0 radical (unpaired) electrons. The molecule has 1 amide bonds. The predicted molar refractivity (Wildman–Crippen MR) is 54.1 cm³/mol. The van der Waals surface area contributed by atoms with E-state index in [1.54, 1.807) is 24.5 Å². The van der Waals surface area contributed by atoms with Crippen molar-refractivity contribution < 1.29 is 10.0 Å². The van der Waals surface area contributed by atoms with E-state index >= 15 is 0 Å². The zero-order chi connectivity index (χ0) is 11.1. The van der Waals surface area contributed by atoms with Gasteiger partial charge in [0.25, 0.3) is 0 Å². The largest absolute Gasteiger partial charge is 0.409 e. The van der Waals surface area contributed by atoms with Gasteiger partial charge in [-0.3, -0.25) is 9.78 Å². The topological polar surface area (TPSA) is 101 Å². The van der Waals surface area contributed by atoms with Crippen LogP contribution in [0.15, 0.2) is 29.7 Å². The van der Waals surface area contributed by atoms with E-state index in [1.165, 1.54) is 0 Å². The van der Waals surface area contributed by atoms with Crippen LogP contribution < -0.4 is 11.1 Å². The van der Waals surface area contributed by atoms with Crippen LogP contribution >= 0.6 is 0 Å². The molecule has 1 aromatic rings. The summed E-state index contributed by atoms with van der Waals surface area (Å²) in [6.45, 7) is 0.403. The molecule has 0 aliphatic carbocycles. The van der Waals surface area contributed by atoms with Gasteiger partial charge in [0, 0.05) is 18.9 Å². The van der Waals surface area contributed by atoms with Crippen molar-refractivity contribution in [3.05, 3.63) is 30.1 Å².